The molecule has 0 amide bonds. The fourth-order valence-electron chi connectivity index (χ4n) is 2.63. The van der Waals surface area contributed by atoms with Crippen LogP contribution < -0.4 is 9.47 Å². The zero-order valence-electron chi connectivity index (χ0n) is 13.2. The molecular formula is C18H13N3O3S. The van der Waals surface area contributed by atoms with Gasteiger partial charge in [-0.25, -0.2) is 4.68 Å². The van der Waals surface area contributed by atoms with Gasteiger partial charge in [-0.05, 0) is 12.1 Å². The first kappa shape index (κ1) is 15.3. The predicted octanol–water partition coefficient (Wildman–Crippen LogP) is 3.69. The highest BCUT2D eigenvalue weighted by atomic mass is 32.1. The summed E-state index contributed by atoms with van der Waals surface area (Å²) < 4.78 is 11.9. The highest BCUT2D eigenvalue weighted by Gasteiger charge is 2.16. The lowest BCUT2D eigenvalue weighted by Gasteiger charge is -2.01. The van der Waals surface area contributed by atoms with Crippen LogP contribution in [0, 0.1) is 0 Å². The lowest BCUT2D eigenvalue weighted by molar-refractivity contribution is -0.120. The number of methoxy groups -OCH3 is 1. The summed E-state index contributed by atoms with van der Waals surface area (Å²) in [7, 11) is 1.62. The van der Waals surface area contributed by atoms with Crippen molar-refractivity contribution in [1.82, 2.24) is 14.8 Å². The highest BCUT2D eigenvalue weighted by Crippen LogP contribution is 2.33. The Morgan fingerprint density at radius 3 is 2.76 bits per heavy atom. The summed E-state index contributed by atoms with van der Waals surface area (Å²) in [6, 6.07) is 15.7. The number of thiazole rings is 1. The van der Waals surface area contributed by atoms with E-state index >= 15 is 0 Å². The molecule has 0 aliphatic rings. The Morgan fingerprint density at radius 1 is 1.16 bits per heavy atom. The Labute approximate surface area is 147 Å². The second-order valence-corrected chi connectivity index (χ2v) is 6.03. The third-order valence-electron chi connectivity index (χ3n) is 3.76. The summed E-state index contributed by atoms with van der Waals surface area (Å²) >= 11 is 1.34. The number of aromatic nitrogens is 3. The van der Waals surface area contributed by atoms with Crippen molar-refractivity contribution in [3.63, 3.8) is 0 Å². The van der Waals surface area contributed by atoms with Gasteiger partial charge in [0.2, 0.25) is 11.0 Å². The standard InChI is InChI=1S/C18H13N3O3S/c1-23-13-7-8-14-15(9-13)21(18-19-16(10-25-18)24-11-22)20-17(14)12-5-3-2-4-6-12/h2-11H,1H3. The average molecular weight is 351 g/mol. The molecule has 0 fully saturated rings. The van der Waals surface area contributed by atoms with E-state index in [4.69, 9.17) is 14.6 Å². The second-order valence-electron chi connectivity index (χ2n) is 5.19. The van der Waals surface area contributed by atoms with Crippen molar-refractivity contribution >= 4 is 28.7 Å². The van der Waals surface area contributed by atoms with Crippen LogP contribution in [0.15, 0.2) is 53.9 Å². The number of nitrogens with zero attached hydrogens (tertiary/aromatic N) is 3. The Hall–Kier alpha value is -3.19. The zero-order chi connectivity index (χ0) is 17.2. The number of benzene rings is 2. The van der Waals surface area contributed by atoms with Crippen LogP contribution >= 0.6 is 11.3 Å². The summed E-state index contributed by atoms with van der Waals surface area (Å²) in [5, 5.41) is 8.00. The normalized spacial score (nSPS) is 10.8. The first-order chi connectivity index (χ1) is 12.3. The van der Waals surface area contributed by atoms with E-state index in [0.29, 0.717) is 11.6 Å². The first-order valence-electron chi connectivity index (χ1n) is 7.48. The van der Waals surface area contributed by atoms with E-state index in [1.165, 1.54) is 11.3 Å². The van der Waals surface area contributed by atoms with Gasteiger partial charge in [0, 0.05) is 17.0 Å². The summed E-state index contributed by atoms with van der Waals surface area (Å²) in [6.45, 7) is 0.360. The van der Waals surface area contributed by atoms with Crippen LogP contribution in [-0.4, -0.2) is 28.3 Å². The molecule has 0 bridgehead atoms. The molecule has 0 radical (unpaired) electrons. The van der Waals surface area contributed by atoms with Gasteiger partial charge in [0.15, 0.2) is 0 Å². The van der Waals surface area contributed by atoms with Gasteiger partial charge in [-0.3, -0.25) is 4.79 Å². The van der Waals surface area contributed by atoms with Gasteiger partial charge in [-0.2, -0.15) is 10.1 Å². The number of ether oxygens (including phenoxy) is 2. The molecule has 4 aromatic rings. The minimum Gasteiger partial charge on any atom is -0.497 e. The number of hydrogen-bond donors (Lipinski definition) is 0. The molecule has 0 unspecified atom stereocenters. The number of rotatable bonds is 5. The van der Waals surface area contributed by atoms with Crippen molar-refractivity contribution in [3.8, 4) is 28.0 Å². The Balaban J connectivity index is 1.94. The van der Waals surface area contributed by atoms with Gasteiger partial charge in [0.25, 0.3) is 6.47 Å². The average Bonchev–Trinajstić information content (AvgIpc) is 3.26. The minimum absolute atomic E-state index is 0.253. The molecule has 0 saturated carbocycles. The highest BCUT2D eigenvalue weighted by molar-refractivity contribution is 7.12. The van der Waals surface area contributed by atoms with E-state index in [0.717, 1.165) is 27.9 Å². The number of carbonyl (C=O) groups excluding carboxylic acids is 1. The molecule has 2 aromatic carbocycles. The molecule has 0 aliphatic carbocycles. The molecule has 4 rings (SSSR count). The third-order valence-corrected chi connectivity index (χ3v) is 4.55. The summed E-state index contributed by atoms with van der Waals surface area (Å²) in [4.78, 5) is 14.8. The van der Waals surface area contributed by atoms with Crippen LogP contribution in [0.5, 0.6) is 11.6 Å². The van der Waals surface area contributed by atoms with E-state index in [-0.39, 0.29) is 5.88 Å². The molecular weight excluding hydrogens is 338 g/mol. The van der Waals surface area contributed by atoms with Crippen LogP contribution in [0.3, 0.4) is 0 Å². The quantitative estimate of drug-likeness (QED) is 0.513. The minimum atomic E-state index is 0.253. The molecule has 2 aromatic heterocycles. The number of carbonyl (C=O) groups is 1. The van der Waals surface area contributed by atoms with Crippen LogP contribution in [0.2, 0.25) is 0 Å². The molecule has 7 heteroatoms. The van der Waals surface area contributed by atoms with Gasteiger partial charge in [-0.1, -0.05) is 41.7 Å². The van der Waals surface area contributed by atoms with Crippen LogP contribution in [0.4, 0.5) is 0 Å². The SMILES string of the molecule is COc1ccc2c(-c3ccccc3)nn(-c3nc(OC=O)cs3)c2c1. The van der Waals surface area contributed by atoms with Crippen LogP contribution in [-0.2, 0) is 4.79 Å². The number of fused-ring (bicyclic) bond motifs is 1. The topological polar surface area (TPSA) is 66.2 Å². The maximum Gasteiger partial charge on any atom is 0.299 e. The zero-order valence-corrected chi connectivity index (χ0v) is 14.1. The molecule has 124 valence electrons. The monoisotopic (exact) mass is 351 g/mol. The predicted molar refractivity (Wildman–Crippen MR) is 95.4 cm³/mol. The second kappa shape index (κ2) is 6.37. The summed E-state index contributed by atoms with van der Waals surface area (Å²) in [5.74, 6) is 0.983. The summed E-state index contributed by atoms with van der Waals surface area (Å²) in [5.41, 5.74) is 2.73. The lowest BCUT2D eigenvalue weighted by atomic mass is 10.1. The van der Waals surface area contributed by atoms with Crippen molar-refractivity contribution in [3.05, 3.63) is 53.9 Å². The maximum atomic E-state index is 10.5. The first-order valence-corrected chi connectivity index (χ1v) is 8.36. The van der Waals surface area contributed by atoms with Crippen molar-refractivity contribution < 1.29 is 14.3 Å². The van der Waals surface area contributed by atoms with E-state index in [9.17, 15) is 4.79 Å². The fraction of sp³-hybridized carbons (Fsp3) is 0.0556. The maximum absolute atomic E-state index is 10.5. The molecule has 0 spiro atoms. The molecule has 0 atom stereocenters. The largest absolute Gasteiger partial charge is 0.497 e. The van der Waals surface area contributed by atoms with E-state index in [2.05, 4.69) is 4.98 Å². The molecule has 6 nitrogen and oxygen atoms in total. The van der Waals surface area contributed by atoms with Crippen molar-refractivity contribution in [2.75, 3.05) is 7.11 Å². The number of hydrogen-bond acceptors (Lipinski definition) is 6. The Bertz CT molecular complexity index is 1040. The molecule has 0 saturated heterocycles. The van der Waals surface area contributed by atoms with Crippen molar-refractivity contribution in [2.24, 2.45) is 0 Å². The molecule has 0 N–H and O–H groups in total. The smallest absolute Gasteiger partial charge is 0.299 e. The van der Waals surface area contributed by atoms with Gasteiger partial charge < -0.3 is 9.47 Å². The van der Waals surface area contributed by atoms with Crippen LogP contribution in [0.1, 0.15) is 0 Å². The van der Waals surface area contributed by atoms with Gasteiger partial charge in [0.1, 0.15) is 11.4 Å². The molecule has 25 heavy (non-hydrogen) atoms. The van der Waals surface area contributed by atoms with E-state index < -0.39 is 0 Å². The summed E-state index contributed by atoms with van der Waals surface area (Å²) in [6.07, 6.45) is 0. The Morgan fingerprint density at radius 2 is 2.00 bits per heavy atom. The van der Waals surface area contributed by atoms with Crippen molar-refractivity contribution in [1.29, 1.82) is 0 Å². The lowest BCUT2D eigenvalue weighted by Crippen LogP contribution is -1.97. The third kappa shape index (κ3) is 2.74. The van der Waals surface area contributed by atoms with Gasteiger partial charge in [0.05, 0.1) is 18.0 Å². The van der Waals surface area contributed by atoms with Crippen molar-refractivity contribution in [2.45, 2.75) is 0 Å². The van der Waals surface area contributed by atoms with E-state index in [1.807, 2.05) is 48.5 Å². The molecule has 0 aliphatic heterocycles. The van der Waals surface area contributed by atoms with E-state index in [1.54, 1.807) is 17.2 Å². The van der Waals surface area contributed by atoms with Crippen LogP contribution in [0.25, 0.3) is 27.3 Å². The fourth-order valence-corrected chi connectivity index (χ4v) is 3.32. The van der Waals surface area contributed by atoms with Gasteiger partial charge >= 0.3 is 0 Å². The Kier molecular flexibility index (Phi) is 3.91. The van der Waals surface area contributed by atoms with Gasteiger partial charge in [-0.15, -0.1) is 0 Å². The molecule has 2 heterocycles.